The molecule has 0 fully saturated rings. The number of carboxylic acids is 1. The van der Waals surface area contributed by atoms with Crippen LogP contribution in [0.1, 0.15) is 10.4 Å². The van der Waals surface area contributed by atoms with Gasteiger partial charge in [-0.05, 0) is 24.3 Å². The zero-order chi connectivity index (χ0) is 14.4. The summed E-state index contributed by atoms with van der Waals surface area (Å²) >= 11 is 0. The molecule has 0 aliphatic carbocycles. The molecule has 0 saturated heterocycles. The highest BCUT2D eigenvalue weighted by Gasteiger charge is 1.98. The van der Waals surface area contributed by atoms with Crippen LogP contribution in [-0.4, -0.2) is 31.0 Å². The minimum absolute atomic E-state index is 0.259. The number of aromatic carboxylic acids is 1. The number of nitrogens with two attached hydrogens (primary N) is 1. The van der Waals surface area contributed by atoms with Crippen molar-refractivity contribution in [2.24, 2.45) is 0 Å². The molecular formula is C13H11N5O2. The molecule has 20 heavy (non-hydrogen) atoms. The molecule has 0 spiro atoms. The Kier molecular flexibility index (Phi) is 4.13. The summed E-state index contributed by atoms with van der Waals surface area (Å²) in [5.74, 6) is -0.931. The van der Waals surface area contributed by atoms with Gasteiger partial charge in [-0.2, -0.15) is 0 Å². The highest BCUT2D eigenvalue weighted by atomic mass is 16.4. The van der Waals surface area contributed by atoms with Crippen molar-refractivity contribution in [1.29, 1.82) is 0 Å². The van der Waals surface area contributed by atoms with Gasteiger partial charge in [0.2, 0.25) is 0 Å². The van der Waals surface area contributed by atoms with Crippen LogP contribution >= 0.6 is 0 Å². The third-order valence-electron chi connectivity index (χ3n) is 2.31. The first kappa shape index (κ1) is 13.3. The van der Waals surface area contributed by atoms with Crippen LogP contribution in [0.25, 0.3) is 11.2 Å². The number of anilines is 1. The summed E-state index contributed by atoms with van der Waals surface area (Å²) in [5.41, 5.74) is 7.53. The normalized spacial score (nSPS) is 9.60. The van der Waals surface area contributed by atoms with Gasteiger partial charge in [0.1, 0.15) is 11.8 Å². The molecule has 7 nitrogen and oxygen atoms in total. The van der Waals surface area contributed by atoms with Crippen molar-refractivity contribution in [3.63, 3.8) is 0 Å². The molecule has 0 saturated carbocycles. The molecule has 0 radical (unpaired) electrons. The van der Waals surface area contributed by atoms with E-state index in [2.05, 4.69) is 19.9 Å². The quantitative estimate of drug-likeness (QED) is 0.641. The van der Waals surface area contributed by atoms with E-state index in [4.69, 9.17) is 10.8 Å². The maximum atomic E-state index is 10.3. The van der Waals surface area contributed by atoms with E-state index in [9.17, 15) is 4.79 Å². The van der Waals surface area contributed by atoms with Crippen LogP contribution in [0.15, 0.2) is 49.2 Å². The highest BCUT2D eigenvalue weighted by Crippen LogP contribution is 2.04. The van der Waals surface area contributed by atoms with Gasteiger partial charge in [-0.1, -0.05) is 0 Å². The Morgan fingerprint density at radius 3 is 2.40 bits per heavy atom. The van der Waals surface area contributed by atoms with E-state index in [0.29, 0.717) is 11.3 Å². The monoisotopic (exact) mass is 269 g/mol. The number of hydrogen-bond acceptors (Lipinski definition) is 6. The first-order chi connectivity index (χ1) is 9.66. The second kappa shape index (κ2) is 6.19. The summed E-state index contributed by atoms with van der Waals surface area (Å²) in [6.45, 7) is 0. The summed E-state index contributed by atoms with van der Waals surface area (Å²) in [6.07, 6.45) is 6.31. The molecule has 0 atom stereocenters. The Bertz CT molecular complexity index is 650. The Labute approximate surface area is 114 Å². The second-order valence-electron chi connectivity index (χ2n) is 3.72. The standard InChI is InChI=1S/C7H7NO2.C6H4N4/c8-6-3-1-5(2-4-6)7(9)10;1-2-9-6-5(8-1)3-7-4-10-6/h1-4H,8H2,(H,9,10);1-4H. The molecule has 0 unspecified atom stereocenters. The fourth-order valence-electron chi connectivity index (χ4n) is 1.35. The number of rotatable bonds is 1. The first-order valence-electron chi connectivity index (χ1n) is 5.62. The van der Waals surface area contributed by atoms with Crippen molar-refractivity contribution in [2.45, 2.75) is 0 Å². The molecule has 2 heterocycles. The lowest BCUT2D eigenvalue weighted by Gasteiger charge is -1.93. The van der Waals surface area contributed by atoms with Crippen LogP contribution in [-0.2, 0) is 0 Å². The molecule has 0 bridgehead atoms. The zero-order valence-corrected chi connectivity index (χ0v) is 10.3. The van der Waals surface area contributed by atoms with Gasteiger partial charge in [-0.15, -0.1) is 0 Å². The molecule has 3 N–H and O–H groups in total. The Hall–Kier alpha value is -3.09. The molecule has 0 aliphatic rings. The smallest absolute Gasteiger partial charge is 0.335 e. The van der Waals surface area contributed by atoms with Gasteiger partial charge in [0.15, 0.2) is 5.65 Å². The first-order valence-corrected chi connectivity index (χ1v) is 5.62. The third kappa shape index (κ3) is 3.45. The highest BCUT2D eigenvalue weighted by molar-refractivity contribution is 5.87. The van der Waals surface area contributed by atoms with E-state index in [1.54, 1.807) is 30.7 Å². The van der Waals surface area contributed by atoms with Crippen molar-refractivity contribution in [1.82, 2.24) is 19.9 Å². The van der Waals surface area contributed by atoms with E-state index >= 15 is 0 Å². The molecule has 2 aromatic heterocycles. The third-order valence-corrected chi connectivity index (χ3v) is 2.31. The second-order valence-corrected chi connectivity index (χ2v) is 3.72. The lowest BCUT2D eigenvalue weighted by Crippen LogP contribution is -1.95. The summed E-state index contributed by atoms with van der Waals surface area (Å²) in [5, 5.41) is 8.43. The zero-order valence-electron chi connectivity index (χ0n) is 10.3. The minimum Gasteiger partial charge on any atom is -0.478 e. The predicted molar refractivity (Wildman–Crippen MR) is 72.9 cm³/mol. The van der Waals surface area contributed by atoms with Gasteiger partial charge in [-0.25, -0.2) is 24.7 Å². The largest absolute Gasteiger partial charge is 0.478 e. The maximum Gasteiger partial charge on any atom is 0.335 e. The van der Waals surface area contributed by atoms with E-state index in [1.165, 1.54) is 18.5 Å². The summed E-state index contributed by atoms with van der Waals surface area (Å²) in [6, 6.07) is 6.06. The average molecular weight is 269 g/mol. The van der Waals surface area contributed by atoms with Crippen LogP contribution in [0.3, 0.4) is 0 Å². The number of fused-ring (bicyclic) bond motifs is 1. The molecular weight excluding hydrogens is 258 g/mol. The summed E-state index contributed by atoms with van der Waals surface area (Å²) in [7, 11) is 0. The maximum absolute atomic E-state index is 10.3. The van der Waals surface area contributed by atoms with Crippen LogP contribution in [0.2, 0.25) is 0 Å². The fraction of sp³-hybridized carbons (Fsp3) is 0. The Morgan fingerprint density at radius 2 is 1.75 bits per heavy atom. The molecule has 7 heteroatoms. The topological polar surface area (TPSA) is 115 Å². The molecule has 3 rings (SSSR count). The lowest BCUT2D eigenvalue weighted by atomic mass is 10.2. The van der Waals surface area contributed by atoms with Crippen LogP contribution in [0, 0.1) is 0 Å². The summed E-state index contributed by atoms with van der Waals surface area (Å²) in [4.78, 5) is 25.9. The molecule has 0 amide bonds. The van der Waals surface area contributed by atoms with Gasteiger partial charge in [0.05, 0.1) is 11.8 Å². The van der Waals surface area contributed by atoms with Crippen molar-refractivity contribution < 1.29 is 9.90 Å². The number of hydrogen-bond donors (Lipinski definition) is 2. The van der Waals surface area contributed by atoms with Crippen molar-refractivity contribution in [2.75, 3.05) is 5.73 Å². The SMILES string of the molecule is Nc1ccc(C(=O)O)cc1.c1cnc2ncncc2n1. The summed E-state index contributed by atoms with van der Waals surface area (Å²) < 4.78 is 0. The fourth-order valence-corrected chi connectivity index (χ4v) is 1.35. The number of nitrogen functional groups attached to an aromatic ring is 1. The van der Waals surface area contributed by atoms with Gasteiger partial charge in [0.25, 0.3) is 0 Å². The van der Waals surface area contributed by atoms with Gasteiger partial charge in [-0.3, -0.25) is 0 Å². The van der Waals surface area contributed by atoms with Crippen molar-refractivity contribution >= 4 is 22.8 Å². The minimum atomic E-state index is -0.931. The average Bonchev–Trinajstić information content (AvgIpc) is 2.48. The van der Waals surface area contributed by atoms with E-state index in [0.717, 1.165) is 5.52 Å². The number of carbonyl (C=O) groups is 1. The molecule has 3 aromatic rings. The lowest BCUT2D eigenvalue weighted by molar-refractivity contribution is 0.0697. The van der Waals surface area contributed by atoms with E-state index in [-0.39, 0.29) is 5.56 Å². The number of carboxylic acid groups (broad SMARTS) is 1. The van der Waals surface area contributed by atoms with Gasteiger partial charge >= 0.3 is 5.97 Å². The predicted octanol–water partition coefficient (Wildman–Crippen LogP) is 1.39. The molecule has 1 aromatic carbocycles. The van der Waals surface area contributed by atoms with Gasteiger partial charge in [0, 0.05) is 18.1 Å². The number of benzene rings is 1. The van der Waals surface area contributed by atoms with E-state index in [1.807, 2.05) is 0 Å². The number of aromatic nitrogens is 4. The Morgan fingerprint density at radius 1 is 1.05 bits per heavy atom. The number of nitrogens with zero attached hydrogens (tertiary/aromatic N) is 4. The van der Waals surface area contributed by atoms with Crippen LogP contribution in [0.4, 0.5) is 5.69 Å². The molecule has 100 valence electrons. The Balaban J connectivity index is 0.000000147. The van der Waals surface area contributed by atoms with Crippen LogP contribution < -0.4 is 5.73 Å². The van der Waals surface area contributed by atoms with Crippen LogP contribution in [0.5, 0.6) is 0 Å². The molecule has 0 aliphatic heterocycles. The van der Waals surface area contributed by atoms with Gasteiger partial charge < -0.3 is 10.8 Å². The van der Waals surface area contributed by atoms with Crippen molar-refractivity contribution in [3.05, 3.63) is 54.7 Å². The van der Waals surface area contributed by atoms with Crippen molar-refractivity contribution in [3.8, 4) is 0 Å². The van der Waals surface area contributed by atoms with E-state index < -0.39 is 5.97 Å².